The van der Waals surface area contributed by atoms with E-state index in [4.69, 9.17) is 9.47 Å². The van der Waals surface area contributed by atoms with E-state index in [1.165, 1.54) is 17.0 Å². The summed E-state index contributed by atoms with van der Waals surface area (Å²) in [6.45, 7) is 4.89. The number of hydrogen-bond donors (Lipinski definition) is 1. The topological polar surface area (TPSA) is 46.5 Å². The molecule has 2 aromatic carbocycles. The first-order chi connectivity index (χ1) is 14.1. The van der Waals surface area contributed by atoms with Crippen molar-refractivity contribution in [1.82, 2.24) is 4.90 Å². The van der Waals surface area contributed by atoms with E-state index < -0.39 is 0 Å². The molecule has 29 heavy (non-hydrogen) atoms. The molecule has 2 aromatic rings. The van der Waals surface area contributed by atoms with E-state index in [-0.39, 0.29) is 17.8 Å². The third-order valence-corrected chi connectivity index (χ3v) is 5.53. The maximum atomic E-state index is 13.1. The minimum Gasteiger partial charge on any atom is -0.486 e. The second kappa shape index (κ2) is 8.69. The van der Waals surface area contributed by atoms with Crippen LogP contribution in [0.15, 0.2) is 48.5 Å². The monoisotopic (exact) mass is 400 g/mol. The van der Waals surface area contributed by atoms with E-state index in [0.29, 0.717) is 19.7 Å². The Balaban J connectivity index is 1.23. The van der Waals surface area contributed by atoms with Crippen molar-refractivity contribution < 1.29 is 23.6 Å². The molecule has 2 aliphatic rings. The summed E-state index contributed by atoms with van der Waals surface area (Å²) in [6, 6.07) is 14.2. The van der Waals surface area contributed by atoms with Crippen LogP contribution in [0.3, 0.4) is 0 Å². The van der Waals surface area contributed by atoms with Gasteiger partial charge in [0.15, 0.2) is 24.1 Å². The molecular formula is C22H27FN3O3+. The van der Waals surface area contributed by atoms with Crippen molar-refractivity contribution in [3.63, 3.8) is 0 Å². The van der Waals surface area contributed by atoms with Crippen LogP contribution in [0, 0.1) is 5.82 Å². The lowest BCUT2D eigenvalue weighted by molar-refractivity contribution is -0.892. The molecule has 0 bridgehead atoms. The first-order valence-corrected chi connectivity index (χ1v) is 10.0. The number of carbonyl (C=O) groups is 1. The Labute approximate surface area is 170 Å². The predicted octanol–water partition coefficient (Wildman–Crippen LogP) is 0.829. The number of hydrogen-bond acceptors (Lipinski definition) is 4. The molecule has 1 fully saturated rings. The number of fused-ring (bicyclic) bond motifs is 1. The summed E-state index contributed by atoms with van der Waals surface area (Å²) in [6.07, 6.45) is -0.163. The van der Waals surface area contributed by atoms with Gasteiger partial charge in [-0.2, -0.15) is 0 Å². The summed E-state index contributed by atoms with van der Waals surface area (Å²) in [5.74, 6) is 1.37. The van der Waals surface area contributed by atoms with E-state index in [1.807, 2.05) is 43.4 Å². The van der Waals surface area contributed by atoms with Gasteiger partial charge in [0.05, 0.1) is 32.7 Å². The number of likely N-dealkylation sites (N-methyl/N-ethyl adjacent to an activating group) is 1. The van der Waals surface area contributed by atoms with Crippen molar-refractivity contribution in [3.05, 3.63) is 54.3 Å². The van der Waals surface area contributed by atoms with Crippen LogP contribution in [0.1, 0.15) is 0 Å². The first kappa shape index (κ1) is 19.5. The summed E-state index contributed by atoms with van der Waals surface area (Å²) in [5.41, 5.74) is 1.03. The van der Waals surface area contributed by atoms with E-state index in [9.17, 15) is 9.18 Å². The van der Waals surface area contributed by atoms with E-state index in [1.54, 1.807) is 4.90 Å². The summed E-state index contributed by atoms with van der Waals surface area (Å²) in [5, 5.41) is 0. The van der Waals surface area contributed by atoms with Gasteiger partial charge in [0.2, 0.25) is 0 Å². The second-order valence-corrected chi connectivity index (χ2v) is 7.66. The van der Waals surface area contributed by atoms with Crippen molar-refractivity contribution in [2.45, 2.75) is 6.10 Å². The zero-order valence-corrected chi connectivity index (χ0v) is 16.6. The average molecular weight is 400 g/mol. The Morgan fingerprint density at radius 1 is 1.14 bits per heavy atom. The number of anilines is 1. The number of carbonyl (C=O) groups excluding carboxylic acids is 1. The molecule has 0 aromatic heterocycles. The molecule has 0 radical (unpaired) electrons. The van der Waals surface area contributed by atoms with Crippen LogP contribution in [-0.4, -0.2) is 69.8 Å². The highest BCUT2D eigenvalue weighted by molar-refractivity contribution is 5.76. The van der Waals surface area contributed by atoms with Crippen molar-refractivity contribution in [1.29, 1.82) is 0 Å². The van der Waals surface area contributed by atoms with Gasteiger partial charge in [-0.05, 0) is 36.4 Å². The fraction of sp³-hybridized carbons (Fsp3) is 0.409. The second-order valence-electron chi connectivity index (χ2n) is 7.66. The minimum absolute atomic E-state index is 0.109. The Kier molecular flexibility index (Phi) is 5.85. The number of benzene rings is 2. The SMILES string of the molecule is CN(C[C@H]1COc2ccccc2O1)C(=O)C[NH+]1CCN(c2ccc(F)cc2)CC1. The zero-order chi connectivity index (χ0) is 20.2. The molecule has 2 aliphatic heterocycles. The van der Waals surface area contributed by atoms with Gasteiger partial charge in [-0.25, -0.2) is 4.39 Å². The maximum absolute atomic E-state index is 13.1. The van der Waals surface area contributed by atoms with E-state index in [0.717, 1.165) is 43.4 Å². The van der Waals surface area contributed by atoms with Crippen LogP contribution in [0.2, 0.25) is 0 Å². The molecule has 1 atom stereocenters. The molecule has 6 nitrogen and oxygen atoms in total. The van der Waals surface area contributed by atoms with Gasteiger partial charge >= 0.3 is 0 Å². The van der Waals surface area contributed by atoms with Crippen LogP contribution in [0.4, 0.5) is 10.1 Å². The van der Waals surface area contributed by atoms with Gasteiger partial charge in [0.1, 0.15) is 12.4 Å². The molecule has 154 valence electrons. The molecule has 0 spiro atoms. The Morgan fingerprint density at radius 3 is 2.55 bits per heavy atom. The molecule has 2 heterocycles. The Bertz CT molecular complexity index is 837. The molecule has 1 saturated heterocycles. The fourth-order valence-corrected chi connectivity index (χ4v) is 3.82. The van der Waals surface area contributed by atoms with Gasteiger partial charge < -0.3 is 24.2 Å². The van der Waals surface area contributed by atoms with Crippen LogP contribution < -0.4 is 19.3 Å². The normalized spacial score (nSPS) is 19.1. The van der Waals surface area contributed by atoms with Crippen molar-refractivity contribution in [2.75, 3.05) is 57.8 Å². The number of ether oxygens (including phenoxy) is 2. The Hall–Kier alpha value is -2.80. The molecule has 0 unspecified atom stereocenters. The molecule has 7 heteroatoms. The van der Waals surface area contributed by atoms with Gasteiger partial charge in [-0.15, -0.1) is 0 Å². The Morgan fingerprint density at radius 2 is 1.83 bits per heavy atom. The van der Waals surface area contributed by atoms with Crippen molar-refractivity contribution >= 4 is 11.6 Å². The lowest BCUT2D eigenvalue weighted by atomic mass is 10.2. The largest absolute Gasteiger partial charge is 0.486 e. The van der Waals surface area contributed by atoms with Gasteiger partial charge in [-0.3, -0.25) is 4.79 Å². The summed E-state index contributed by atoms with van der Waals surface area (Å²) in [4.78, 5) is 17.9. The number of halogens is 1. The molecule has 1 N–H and O–H groups in total. The van der Waals surface area contributed by atoms with Gasteiger partial charge in [-0.1, -0.05) is 12.1 Å². The van der Waals surface area contributed by atoms with Crippen LogP contribution in [0.25, 0.3) is 0 Å². The molecule has 4 rings (SSSR count). The van der Waals surface area contributed by atoms with E-state index in [2.05, 4.69) is 4.90 Å². The third kappa shape index (κ3) is 4.79. The number of para-hydroxylation sites is 2. The smallest absolute Gasteiger partial charge is 0.277 e. The van der Waals surface area contributed by atoms with Gasteiger partial charge in [0.25, 0.3) is 5.91 Å². The number of piperazine rings is 1. The number of amides is 1. The van der Waals surface area contributed by atoms with Crippen molar-refractivity contribution in [3.8, 4) is 11.5 Å². The molecule has 0 saturated carbocycles. The highest BCUT2D eigenvalue weighted by Crippen LogP contribution is 2.30. The average Bonchev–Trinajstić information content (AvgIpc) is 2.75. The first-order valence-electron chi connectivity index (χ1n) is 10.0. The molecule has 1 amide bonds. The lowest BCUT2D eigenvalue weighted by Gasteiger charge is -2.34. The highest BCUT2D eigenvalue weighted by atomic mass is 19.1. The number of rotatable bonds is 5. The van der Waals surface area contributed by atoms with E-state index >= 15 is 0 Å². The number of nitrogens with one attached hydrogen (secondary N) is 1. The standard InChI is InChI=1S/C22H26FN3O3/c1-24(14-19-16-28-20-4-2-3-5-21(20)29-19)22(27)15-25-10-12-26(13-11-25)18-8-6-17(23)7-9-18/h2-9,19H,10-16H2,1H3/p+1/t19-/m0/s1. The maximum Gasteiger partial charge on any atom is 0.277 e. The fourth-order valence-electron chi connectivity index (χ4n) is 3.82. The summed E-state index contributed by atoms with van der Waals surface area (Å²) in [7, 11) is 1.82. The predicted molar refractivity (Wildman–Crippen MR) is 108 cm³/mol. The van der Waals surface area contributed by atoms with Gasteiger partial charge in [0, 0.05) is 12.7 Å². The van der Waals surface area contributed by atoms with Crippen LogP contribution >= 0.6 is 0 Å². The quantitative estimate of drug-likeness (QED) is 0.808. The summed E-state index contributed by atoms with van der Waals surface area (Å²) < 4.78 is 24.8. The third-order valence-electron chi connectivity index (χ3n) is 5.53. The lowest BCUT2D eigenvalue weighted by Crippen LogP contribution is -3.15. The van der Waals surface area contributed by atoms with Crippen LogP contribution in [0.5, 0.6) is 11.5 Å². The molecule has 0 aliphatic carbocycles. The number of quaternary nitrogens is 1. The highest BCUT2D eigenvalue weighted by Gasteiger charge is 2.27. The molecular weight excluding hydrogens is 373 g/mol. The van der Waals surface area contributed by atoms with Crippen molar-refractivity contribution in [2.24, 2.45) is 0 Å². The summed E-state index contributed by atoms with van der Waals surface area (Å²) >= 11 is 0. The zero-order valence-electron chi connectivity index (χ0n) is 16.6. The minimum atomic E-state index is -0.220. The number of nitrogens with zero attached hydrogens (tertiary/aromatic N) is 2. The van der Waals surface area contributed by atoms with Crippen LogP contribution in [-0.2, 0) is 4.79 Å².